The lowest BCUT2D eigenvalue weighted by Gasteiger charge is -2.26. The van der Waals surface area contributed by atoms with E-state index in [0.29, 0.717) is 36.8 Å². The van der Waals surface area contributed by atoms with E-state index in [1.54, 1.807) is 13.0 Å². The molecule has 0 aliphatic carbocycles. The van der Waals surface area contributed by atoms with E-state index in [0.717, 1.165) is 5.57 Å². The Labute approximate surface area is 155 Å². The van der Waals surface area contributed by atoms with Gasteiger partial charge in [-0.25, -0.2) is 9.59 Å². The van der Waals surface area contributed by atoms with E-state index in [1.807, 2.05) is 12.2 Å². The molecule has 1 atom stereocenters. The first-order valence-corrected chi connectivity index (χ1v) is 9.20. The molecular weight excluding hydrogens is 332 g/mol. The summed E-state index contributed by atoms with van der Waals surface area (Å²) in [5.41, 5.74) is 1.08. The topological polar surface area (TPSA) is 69.7 Å². The zero-order chi connectivity index (χ0) is 19.3. The van der Waals surface area contributed by atoms with E-state index in [4.69, 9.17) is 9.47 Å². The number of carbonyl (C=O) groups excluding carboxylic acids is 3. The van der Waals surface area contributed by atoms with Crippen molar-refractivity contribution in [3.05, 3.63) is 34.9 Å². The molecule has 2 rings (SSSR count). The van der Waals surface area contributed by atoms with Crippen LogP contribution in [0.15, 0.2) is 34.9 Å². The molecule has 0 aromatic carbocycles. The molecule has 0 radical (unpaired) electrons. The number of carbonyl (C=O) groups is 3. The molecule has 0 aromatic rings. The van der Waals surface area contributed by atoms with Gasteiger partial charge in [-0.1, -0.05) is 37.6 Å². The maximum absolute atomic E-state index is 12.7. The zero-order valence-corrected chi connectivity index (χ0v) is 16.1. The average molecular weight is 360 g/mol. The number of methoxy groups -OCH3 is 1. The van der Waals surface area contributed by atoms with Crippen LogP contribution in [0.25, 0.3) is 0 Å². The maximum Gasteiger partial charge on any atom is 0.334 e. The van der Waals surface area contributed by atoms with Gasteiger partial charge < -0.3 is 9.47 Å². The Balaban J connectivity index is 2.42. The molecule has 0 saturated heterocycles. The highest BCUT2D eigenvalue weighted by atomic mass is 16.6. The Morgan fingerprint density at radius 3 is 2.54 bits per heavy atom. The van der Waals surface area contributed by atoms with Crippen LogP contribution in [-0.4, -0.2) is 30.4 Å². The van der Waals surface area contributed by atoms with Gasteiger partial charge in [-0.15, -0.1) is 0 Å². The fourth-order valence-corrected chi connectivity index (χ4v) is 3.28. The fraction of sp³-hybridized carbons (Fsp3) is 0.571. The van der Waals surface area contributed by atoms with Crippen LogP contribution >= 0.6 is 0 Å². The molecule has 0 N–H and O–H groups in total. The minimum absolute atomic E-state index is 0.130. The highest BCUT2D eigenvalue weighted by Gasteiger charge is 2.38. The molecule has 0 aromatic heterocycles. The summed E-state index contributed by atoms with van der Waals surface area (Å²) in [6, 6.07) is 0. The molecule has 2 aliphatic rings. The summed E-state index contributed by atoms with van der Waals surface area (Å²) in [4.78, 5) is 37.3. The number of allylic oxidation sites excluding steroid dienone is 4. The van der Waals surface area contributed by atoms with Crippen LogP contribution in [-0.2, 0) is 23.9 Å². The minimum Gasteiger partial charge on any atom is -0.466 e. The van der Waals surface area contributed by atoms with Crippen molar-refractivity contribution in [2.75, 3.05) is 7.11 Å². The number of rotatable bonds is 2. The second kappa shape index (κ2) is 8.47. The first-order valence-electron chi connectivity index (χ1n) is 9.20. The minimum atomic E-state index is -1.14. The van der Waals surface area contributed by atoms with Crippen LogP contribution in [0.5, 0.6) is 0 Å². The Bertz CT molecular complexity index is 681. The third kappa shape index (κ3) is 4.71. The van der Waals surface area contributed by atoms with Gasteiger partial charge in [0.25, 0.3) is 0 Å². The lowest BCUT2D eigenvalue weighted by molar-refractivity contribution is -0.162. The van der Waals surface area contributed by atoms with E-state index >= 15 is 0 Å². The van der Waals surface area contributed by atoms with Crippen molar-refractivity contribution >= 4 is 17.7 Å². The van der Waals surface area contributed by atoms with E-state index in [2.05, 4.69) is 13.8 Å². The molecule has 5 heteroatoms. The zero-order valence-electron chi connectivity index (χ0n) is 16.1. The van der Waals surface area contributed by atoms with E-state index in [-0.39, 0.29) is 24.5 Å². The van der Waals surface area contributed by atoms with E-state index in [9.17, 15) is 14.4 Å². The summed E-state index contributed by atoms with van der Waals surface area (Å²) in [5.74, 6) is -0.715. The summed E-state index contributed by atoms with van der Waals surface area (Å²) < 4.78 is 10.4. The monoisotopic (exact) mass is 360 g/mol. The molecule has 0 unspecified atom stereocenters. The molecular formula is C21H28O5. The summed E-state index contributed by atoms with van der Waals surface area (Å²) in [7, 11) is 1.33. The van der Waals surface area contributed by atoms with Crippen molar-refractivity contribution in [3.63, 3.8) is 0 Å². The van der Waals surface area contributed by atoms with Crippen molar-refractivity contribution in [2.45, 2.75) is 64.9 Å². The van der Waals surface area contributed by atoms with Crippen molar-refractivity contribution in [2.24, 2.45) is 5.92 Å². The lowest BCUT2D eigenvalue weighted by Crippen LogP contribution is -2.40. The molecule has 2 aliphatic heterocycles. The van der Waals surface area contributed by atoms with Gasteiger partial charge >= 0.3 is 11.9 Å². The SMILES string of the molecule is COC(=O)/C1=C\C=C(/C(C)C)CCC2=CCC[C@@](C)(OC2=O)C(=O)CC1. The van der Waals surface area contributed by atoms with Crippen molar-refractivity contribution in [1.29, 1.82) is 0 Å². The van der Waals surface area contributed by atoms with Gasteiger partial charge in [0, 0.05) is 17.6 Å². The third-order valence-corrected chi connectivity index (χ3v) is 5.17. The number of Topliss-reactive ketones (excluding diaryl/α,β-unsaturated/α-hetero) is 1. The van der Waals surface area contributed by atoms with E-state index in [1.165, 1.54) is 7.11 Å². The smallest absolute Gasteiger partial charge is 0.334 e. The van der Waals surface area contributed by atoms with Crippen LogP contribution in [0.4, 0.5) is 0 Å². The molecule has 0 saturated carbocycles. The molecule has 0 spiro atoms. The lowest BCUT2D eigenvalue weighted by atomic mass is 9.90. The van der Waals surface area contributed by atoms with E-state index < -0.39 is 17.5 Å². The van der Waals surface area contributed by atoms with Crippen LogP contribution in [0, 0.1) is 5.92 Å². The van der Waals surface area contributed by atoms with Crippen molar-refractivity contribution < 1.29 is 23.9 Å². The highest BCUT2D eigenvalue weighted by Crippen LogP contribution is 2.30. The van der Waals surface area contributed by atoms with Gasteiger partial charge in [-0.2, -0.15) is 0 Å². The van der Waals surface area contributed by atoms with Gasteiger partial charge in [-0.3, -0.25) is 4.79 Å². The summed E-state index contributed by atoms with van der Waals surface area (Å²) in [5, 5.41) is 0. The standard InChI is InChI=1S/C21H28O5/c1-14(2)15-7-9-16-6-5-13-21(3,26-20(16)24)18(22)12-11-17(10-8-15)19(23)25-4/h6,8,10,14H,5,7,9,11-13H2,1-4H3/b15-8-,17-10-/t21-/m1/s1. The molecule has 0 fully saturated rings. The van der Waals surface area contributed by atoms with Gasteiger partial charge in [0.2, 0.25) is 0 Å². The second-order valence-corrected chi connectivity index (χ2v) is 7.39. The molecule has 0 amide bonds. The number of ether oxygens (including phenoxy) is 2. The van der Waals surface area contributed by atoms with Gasteiger partial charge in [-0.05, 0) is 44.9 Å². The number of hydrogen-bond donors (Lipinski definition) is 0. The highest BCUT2D eigenvalue weighted by molar-refractivity contribution is 5.96. The van der Waals surface area contributed by atoms with Crippen LogP contribution in [0.1, 0.15) is 59.3 Å². The van der Waals surface area contributed by atoms with Gasteiger partial charge in [0.1, 0.15) is 0 Å². The number of esters is 2. The van der Waals surface area contributed by atoms with Crippen molar-refractivity contribution in [1.82, 2.24) is 0 Å². The van der Waals surface area contributed by atoms with Crippen LogP contribution in [0.2, 0.25) is 0 Å². The number of hydrogen-bond acceptors (Lipinski definition) is 5. The quantitative estimate of drug-likeness (QED) is 0.700. The predicted molar refractivity (Wildman–Crippen MR) is 98.3 cm³/mol. The van der Waals surface area contributed by atoms with Crippen molar-refractivity contribution in [3.8, 4) is 0 Å². The summed E-state index contributed by atoms with van der Waals surface area (Å²) >= 11 is 0. The first-order chi connectivity index (χ1) is 12.3. The number of ketones is 1. The summed E-state index contributed by atoms with van der Waals surface area (Å²) in [6.07, 6.45) is 8.33. The first kappa shape index (κ1) is 20.1. The molecule has 5 nitrogen and oxygen atoms in total. The third-order valence-electron chi connectivity index (χ3n) is 5.17. The van der Waals surface area contributed by atoms with Crippen LogP contribution < -0.4 is 0 Å². The normalized spacial score (nSPS) is 29.0. The Kier molecular flexibility index (Phi) is 6.57. The molecule has 2 bridgehead atoms. The molecule has 142 valence electrons. The van der Waals surface area contributed by atoms with Gasteiger partial charge in [0.05, 0.1) is 7.11 Å². The largest absolute Gasteiger partial charge is 0.466 e. The Morgan fingerprint density at radius 1 is 1.15 bits per heavy atom. The van der Waals surface area contributed by atoms with Crippen LogP contribution in [0.3, 0.4) is 0 Å². The predicted octanol–water partition coefficient (Wildman–Crippen LogP) is 3.83. The Hall–Kier alpha value is -2.17. The molecule has 2 heterocycles. The fourth-order valence-electron chi connectivity index (χ4n) is 3.28. The molecule has 26 heavy (non-hydrogen) atoms. The Morgan fingerprint density at radius 2 is 1.88 bits per heavy atom. The maximum atomic E-state index is 12.7. The second-order valence-electron chi connectivity index (χ2n) is 7.39. The average Bonchev–Trinajstić information content (AvgIpc) is 2.74. The van der Waals surface area contributed by atoms with Gasteiger partial charge in [0.15, 0.2) is 11.4 Å². The number of fused-ring (bicyclic) bond motifs is 3. The summed E-state index contributed by atoms with van der Waals surface area (Å²) in [6.45, 7) is 5.83.